The van der Waals surface area contributed by atoms with E-state index in [1.165, 1.54) is 0 Å². The van der Waals surface area contributed by atoms with Gasteiger partial charge < -0.3 is 16.0 Å². The molecular weight excluding hydrogens is 230 g/mol. The molecule has 1 saturated heterocycles. The van der Waals surface area contributed by atoms with Crippen molar-refractivity contribution in [2.75, 3.05) is 19.6 Å². The smallest absolute Gasteiger partial charge is 0.239 e. The average Bonchev–Trinajstić information content (AvgIpc) is 2.32. The largest absolute Gasteiger partial charge is 0.355 e. The minimum Gasteiger partial charge on any atom is -0.355 e. The molecule has 1 atom stereocenters. The van der Waals surface area contributed by atoms with Crippen molar-refractivity contribution >= 4 is 11.8 Å². The lowest BCUT2D eigenvalue weighted by Crippen LogP contribution is -2.56. The lowest BCUT2D eigenvalue weighted by molar-refractivity contribution is -0.129. The lowest BCUT2D eigenvalue weighted by atomic mass is 9.77. The first-order valence-corrected chi connectivity index (χ1v) is 6.75. The normalized spacial score (nSPS) is 22.3. The highest BCUT2D eigenvalue weighted by Gasteiger charge is 2.36. The van der Waals surface area contributed by atoms with E-state index in [-0.39, 0.29) is 29.8 Å². The van der Waals surface area contributed by atoms with E-state index in [1.807, 2.05) is 6.92 Å². The van der Waals surface area contributed by atoms with E-state index < -0.39 is 0 Å². The van der Waals surface area contributed by atoms with Crippen LogP contribution >= 0.6 is 0 Å². The van der Waals surface area contributed by atoms with Crippen LogP contribution in [-0.4, -0.2) is 37.5 Å². The first-order valence-electron chi connectivity index (χ1n) is 6.75. The Kier molecular flexibility index (Phi) is 5.59. The molecule has 0 aromatic heterocycles. The van der Waals surface area contributed by atoms with Gasteiger partial charge in [0.1, 0.15) is 0 Å². The van der Waals surface area contributed by atoms with Crippen LogP contribution in [0.1, 0.15) is 40.0 Å². The van der Waals surface area contributed by atoms with Crippen molar-refractivity contribution in [3.63, 3.8) is 0 Å². The molecule has 0 radical (unpaired) electrons. The highest BCUT2D eigenvalue weighted by Crippen LogP contribution is 2.29. The molecule has 2 amide bonds. The van der Waals surface area contributed by atoms with Crippen LogP contribution in [0.5, 0.6) is 0 Å². The van der Waals surface area contributed by atoms with Gasteiger partial charge in [-0.25, -0.2) is 0 Å². The summed E-state index contributed by atoms with van der Waals surface area (Å²) in [4.78, 5) is 23.4. The number of carbonyl (C=O) groups excluding carboxylic acids is 2. The molecule has 0 saturated carbocycles. The van der Waals surface area contributed by atoms with Gasteiger partial charge >= 0.3 is 0 Å². The van der Waals surface area contributed by atoms with Crippen LogP contribution in [0, 0.1) is 5.41 Å². The number of rotatable bonds is 5. The minimum atomic E-state index is -0.203. The Balaban J connectivity index is 2.38. The van der Waals surface area contributed by atoms with E-state index in [9.17, 15) is 9.59 Å². The minimum absolute atomic E-state index is 0.0533. The van der Waals surface area contributed by atoms with Crippen LogP contribution < -0.4 is 16.0 Å². The molecule has 104 valence electrons. The SMILES string of the molecule is CCCNC(=O)CNC(=O)C1NCCCC1(C)C. The Morgan fingerprint density at radius 3 is 2.67 bits per heavy atom. The fraction of sp³-hybridized carbons (Fsp3) is 0.846. The summed E-state index contributed by atoms with van der Waals surface area (Å²) in [5.74, 6) is -0.204. The Labute approximate surface area is 109 Å². The zero-order chi connectivity index (χ0) is 13.6. The van der Waals surface area contributed by atoms with E-state index in [0.717, 1.165) is 25.8 Å². The van der Waals surface area contributed by atoms with Crippen LogP contribution in [0.4, 0.5) is 0 Å². The molecule has 0 aromatic carbocycles. The monoisotopic (exact) mass is 255 g/mol. The number of hydrogen-bond acceptors (Lipinski definition) is 3. The van der Waals surface area contributed by atoms with Crippen molar-refractivity contribution in [2.24, 2.45) is 5.41 Å². The fourth-order valence-corrected chi connectivity index (χ4v) is 2.25. The van der Waals surface area contributed by atoms with Gasteiger partial charge in [-0.15, -0.1) is 0 Å². The quantitative estimate of drug-likeness (QED) is 0.666. The Bertz CT molecular complexity index is 303. The molecule has 0 bridgehead atoms. The molecule has 1 aliphatic rings. The summed E-state index contributed by atoms with van der Waals surface area (Å²) >= 11 is 0. The van der Waals surface area contributed by atoms with Crippen LogP contribution in [0.2, 0.25) is 0 Å². The molecule has 0 aromatic rings. The van der Waals surface area contributed by atoms with Gasteiger partial charge in [0, 0.05) is 6.54 Å². The van der Waals surface area contributed by atoms with Gasteiger partial charge in [0.05, 0.1) is 12.6 Å². The van der Waals surface area contributed by atoms with Crippen molar-refractivity contribution in [1.82, 2.24) is 16.0 Å². The second kappa shape index (κ2) is 6.73. The summed E-state index contributed by atoms with van der Waals surface area (Å²) < 4.78 is 0. The summed E-state index contributed by atoms with van der Waals surface area (Å²) in [6.07, 6.45) is 3.02. The molecule has 1 rings (SSSR count). The van der Waals surface area contributed by atoms with Crippen molar-refractivity contribution in [3.8, 4) is 0 Å². The van der Waals surface area contributed by atoms with Gasteiger partial charge in [-0.3, -0.25) is 9.59 Å². The number of hydrogen-bond donors (Lipinski definition) is 3. The third-order valence-corrected chi connectivity index (χ3v) is 3.39. The Hall–Kier alpha value is -1.10. The Morgan fingerprint density at radius 2 is 2.06 bits per heavy atom. The zero-order valence-electron chi connectivity index (χ0n) is 11.6. The number of carbonyl (C=O) groups is 2. The van der Waals surface area contributed by atoms with Gasteiger partial charge in [-0.05, 0) is 31.2 Å². The predicted molar refractivity (Wildman–Crippen MR) is 71.1 cm³/mol. The van der Waals surface area contributed by atoms with Gasteiger partial charge in [0.25, 0.3) is 0 Å². The highest BCUT2D eigenvalue weighted by atomic mass is 16.2. The summed E-state index contributed by atoms with van der Waals surface area (Å²) in [7, 11) is 0. The third-order valence-electron chi connectivity index (χ3n) is 3.39. The van der Waals surface area contributed by atoms with Gasteiger partial charge in [0.2, 0.25) is 11.8 Å². The number of amides is 2. The van der Waals surface area contributed by atoms with Gasteiger partial charge in [-0.2, -0.15) is 0 Å². The van der Waals surface area contributed by atoms with Crippen LogP contribution in [0.3, 0.4) is 0 Å². The Morgan fingerprint density at radius 1 is 1.33 bits per heavy atom. The second-order valence-electron chi connectivity index (χ2n) is 5.55. The van der Waals surface area contributed by atoms with Crippen molar-refractivity contribution in [3.05, 3.63) is 0 Å². The summed E-state index contributed by atoms with van der Waals surface area (Å²) in [6.45, 7) is 7.74. The molecule has 18 heavy (non-hydrogen) atoms. The summed E-state index contributed by atoms with van der Waals surface area (Å²) in [5.41, 5.74) is -0.0533. The van der Waals surface area contributed by atoms with Gasteiger partial charge in [0.15, 0.2) is 0 Å². The van der Waals surface area contributed by atoms with Crippen LogP contribution in [0.15, 0.2) is 0 Å². The van der Waals surface area contributed by atoms with Crippen LogP contribution in [0.25, 0.3) is 0 Å². The maximum atomic E-state index is 12.0. The van der Waals surface area contributed by atoms with E-state index in [1.54, 1.807) is 0 Å². The molecule has 1 unspecified atom stereocenters. The maximum absolute atomic E-state index is 12.0. The zero-order valence-corrected chi connectivity index (χ0v) is 11.6. The average molecular weight is 255 g/mol. The van der Waals surface area contributed by atoms with Crippen molar-refractivity contribution in [2.45, 2.75) is 46.1 Å². The number of piperidine rings is 1. The molecule has 1 aliphatic heterocycles. The molecule has 1 heterocycles. The molecule has 5 heteroatoms. The first kappa shape index (κ1) is 15.0. The maximum Gasteiger partial charge on any atom is 0.239 e. The van der Waals surface area contributed by atoms with Crippen LogP contribution in [-0.2, 0) is 9.59 Å². The molecule has 3 N–H and O–H groups in total. The van der Waals surface area contributed by atoms with E-state index in [2.05, 4.69) is 29.8 Å². The molecular formula is C13H25N3O2. The topological polar surface area (TPSA) is 70.2 Å². The van der Waals surface area contributed by atoms with Crippen molar-refractivity contribution in [1.29, 1.82) is 0 Å². The molecule has 0 aliphatic carbocycles. The highest BCUT2D eigenvalue weighted by molar-refractivity contribution is 5.88. The van der Waals surface area contributed by atoms with E-state index >= 15 is 0 Å². The van der Waals surface area contributed by atoms with E-state index in [4.69, 9.17) is 0 Å². The standard InChI is InChI=1S/C13H25N3O2/c1-4-7-14-10(17)9-16-12(18)11-13(2,3)6-5-8-15-11/h11,15H,4-9H2,1-3H3,(H,14,17)(H,16,18). The van der Waals surface area contributed by atoms with E-state index in [0.29, 0.717) is 6.54 Å². The summed E-state index contributed by atoms with van der Waals surface area (Å²) in [5, 5.41) is 8.67. The second-order valence-corrected chi connectivity index (χ2v) is 5.55. The molecule has 1 fully saturated rings. The summed E-state index contributed by atoms with van der Waals surface area (Å²) in [6, 6.07) is -0.203. The molecule has 5 nitrogen and oxygen atoms in total. The number of nitrogens with one attached hydrogen (secondary N) is 3. The lowest BCUT2D eigenvalue weighted by Gasteiger charge is -2.38. The van der Waals surface area contributed by atoms with Crippen molar-refractivity contribution < 1.29 is 9.59 Å². The fourth-order valence-electron chi connectivity index (χ4n) is 2.25. The molecule has 0 spiro atoms. The third kappa shape index (κ3) is 4.29. The van der Waals surface area contributed by atoms with Gasteiger partial charge in [-0.1, -0.05) is 20.8 Å². The first-order chi connectivity index (χ1) is 8.47. The predicted octanol–water partition coefficient (Wildman–Crippen LogP) is 0.407.